The van der Waals surface area contributed by atoms with Gasteiger partial charge in [-0.3, -0.25) is 47.9 Å². The number of primary amides is 2. The number of nitrogens with zero attached hydrogens (tertiary/aromatic N) is 1. The third-order valence-corrected chi connectivity index (χ3v) is 18.2. The summed E-state index contributed by atoms with van der Waals surface area (Å²) in [6.45, 7) is 7.93. The lowest BCUT2D eigenvalue weighted by Crippen LogP contribution is -2.59. The van der Waals surface area contributed by atoms with Crippen molar-refractivity contribution in [3.05, 3.63) is 131 Å². The number of aromatic hydroxyl groups is 2. The number of fused-ring (bicyclic) bond motifs is 7. The number of thiocarbonyl (C=S) groups is 1. The van der Waals surface area contributed by atoms with Gasteiger partial charge in [0.2, 0.25) is 59.1 Å². The summed E-state index contributed by atoms with van der Waals surface area (Å²) in [5.74, 6) is -8.32. The van der Waals surface area contributed by atoms with E-state index >= 15 is 0 Å². The molecule has 2 aliphatic rings. The number of para-hydroxylation sites is 1. The fourth-order valence-corrected chi connectivity index (χ4v) is 12.6. The lowest BCUT2D eigenvalue weighted by atomic mass is 9.77. The van der Waals surface area contributed by atoms with Gasteiger partial charge in [0.15, 0.2) is 10.7 Å². The monoisotopic (exact) mass is 1460 g/mol. The number of amides is 10. The zero-order chi connectivity index (χ0) is 74.8. The number of imidazole rings is 1. The molecule has 0 fully saturated rings. The lowest BCUT2D eigenvalue weighted by molar-refractivity contribution is -0.135. The maximum absolute atomic E-state index is 14.4. The van der Waals surface area contributed by atoms with Crippen LogP contribution in [0, 0.1) is 11.8 Å². The molecule has 31 nitrogen and oxygen atoms in total. The first kappa shape index (κ1) is 77.9. The Morgan fingerprint density at radius 1 is 0.660 bits per heavy atom. The molecule has 550 valence electrons. The Labute approximate surface area is 603 Å². The Kier molecular flexibility index (Phi) is 27.0. The Morgan fingerprint density at radius 2 is 1.29 bits per heavy atom. The molecule has 4 heterocycles. The van der Waals surface area contributed by atoms with Crippen molar-refractivity contribution >= 4 is 111 Å². The molecule has 1 spiro atoms. The number of aromatic nitrogens is 3. The summed E-state index contributed by atoms with van der Waals surface area (Å²) in [5.41, 5.74) is 19.8. The highest BCUT2D eigenvalue weighted by molar-refractivity contribution is 7.98. The third-order valence-electron chi connectivity index (χ3n) is 17.3. The van der Waals surface area contributed by atoms with E-state index in [2.05, 4.69) is 68.1 Å². The van der Waals surface area contributed by atoms with Gasteiger partial charge in [0.1, 0.15) is 65.3 Å². The molecule has 0 radical (unpaired) electrons. The van der Waals surface area contributed by atoms with Gasteiger partial charge in [-0.25, -0.2) is 9.78 Å². The first-order valence-electron chi connectivity index (χ1n) is 33.6. The number of nitrogens with one attached hydrogen (secondary N) is 12. The normalized spacial score (nSPS) is 14.8. The second-order valence-electron chi connectivity index (χ2n) is 26.0. The number of benzene rings is 4. The van der Waals surface area contributed by atoms with Crippen molar-refractivity contribution in [1.29, 1.82) is 0 Å². The van der Waals surface area contributed by atoms with Crippen molar-refractivity contribution in [2.24, 2.45) is 29.0 Å². The van der Waals surface area contributed by atoms with Crippen LogP contribution < -0.4 is 75.1 Å². The minimum absolute atomic E-state index is 0.0765. The molecular formula is C70H88N16O15S2. The minimum atomic E-state index is -1.45. The lowest BCUT2D eigenvalue weighted by Gasteiger charge is -2.36. The van der Waals surface area contributed by atoms with Crippen LogP contribution in [0.3, 0.4) is 0 Å². The smallest absolute Gasteiger partial charge is 0.340 e. The van der Waals surface area contributed by atoms with Gasteiger partial charge in [0.25, 0.3) is 0 Å². The average Bonchev–Trinajstić information content (AvgIpc) is 1.60. The van der Waals surface area contributed by atoms with E-state index in [9.17, 15) is 63.0 Å². The van der Waals surface area contributed by atoms with Crippen LogP contribution in [0.15, 0.2) is 97.6 Å². The number of carbonyl (C=O) groups is 11. The number of hydrogen-bond donors (Lipinski definition) is 17. The van der Waals surface area contributed by atoms with E-state index in [4.69, 9.17) is 38.9 Å². The van der Waals surface area contributed by atoms with Gasteiger partial charge in [-0.1, -0.05) is 52.0 Å². The molecule has 10 amide bonds. The zero-order valence-corrected chi connectivity index (χ0v) is 59.3. The Bertz CT molecular complexity index is 4080. The van der Waals surface area contributed by atoms with Crippen molar-refractivity contribution in [2.75, 3.05) is 30.4 Å². The summed E-state index contributed by atoms with van der Waals surface area (Å²) in [7, 11) is 0. The predicted molar refractivity (Wildman–Crippen MR) is 385 cm³/mol. The van der Waals surface area contributed by atoms with Crippen LogP contribution in [0.2, 0.25) is 0 Å². The molecule has 8 rings (SSSR count). The fraction of sp³-hybridized carbons (Fsp3) is 0.414. The number of hydrogen-bond acceptors (Lipinski definition) is 19. The molecule has 0 aliphatic carbocycles. The average molecular weight is 1460 g/mol. The van der Waals surface area contributed by atoms with E-state index in [1.165, 1.54) is 55.5 Å². The van der Waals surface area contributed by atoms with Crippen LogP contribution in [0.4, 0.5) is 5.69 Å². The van der Waals surface area contributed by atoms with E-state index in [0.29, 0.717) is 69.7 Å². The van der Waals surface area contributed by atoms with E-state index in [1.54, 1.807) is 68.6 Å². The van der Waals surface area contributed by atoms with Gasteiger partial charge in [-0.2, -0.15) is 11.8 Å². The summed E-state index contributed by atoms with van der Waals surface area (Å²) < 4.78 is 12.2. The number of H-pyrrole nitrogens is 2. The number of phenolic OH excluding ortho intramolecular Hbond substituents is 2. The van der Waals surface area contributed by atoms with Gasteiger partial charge in [0.05, 0.1) is 30.2 Å². The van der Waals surface area contributed by atoms with E-state index in [-0.39, 0.29) is 84.5 Å². The van der Waals surface area contributed by atoms with E-state index in [0.717, 1.165) is 0 Å². The van der Waals surface area contributed by atoms with Gasteiger partial charge in [-0.05, 0) is 130 Å². The molecule has 20 N–H and O–H groups in total. The van der Waals surface area contributed by atoms with Crippen molar-refractivity contribution < 1.29 is 72.4 Å². The van der Waals surface area contributed by atoms with Crippen LogP contribution in [-0.2, 0) is 71.1 Å². The molecule has 6 aromatic rings. The molecule has 2 aliphatic heterocycles. The summed E-state index contributed by atoms with van der Waals surface area (Å²) >= 11 is 7.04. The van der Waals surface area contributed by atoms with Crippen molar-refractivity contribution in [1.82, 2.24) is 62.8 Å². The summed E-state index contributed by atoms with van der Waals surface area (Å²) in [5, 5.41) is 48.6. The van der Waals surface area contributed by atoms with Crippen LogP contribution in [0.1, 0.15) is 118 Å². The largest absolute Gasteiger partial charge is 0.508 e. The number of anilines is 1. The molecule has 8 atom stereocenters. The highest BCUT2D eigenvalue weighted by Gasteiger charge is 2.54. The Balaban J connectivity index is 0.847. The number of rotatable bonds is 36. The SMILES string of the molecule is CSCC[C@@H](NC(=O)[C@H](CC(C)C)NC(=O)[C@H](Cc1c[nH]cn1)NC(=O)CNC(=O)[C@@H](NC(=O)[C@H](C)NC(=O)[C@H](Cc1c[nH]c2ccccc12)NC(=O)[C@H](CCC(N)=O)NC(=O)[C@@H](N)CCCCNC(=S)Nc1ccc2c(c1)C(=O)OC21c2ccc(O)cc2Oc2cc(O)ccc21)C(C)C)C(N)=O. The minimum Gasteiger partial charge on any atom is -0.508 e. The van der Waals surface area contributed by atoms with E-state index < -0.39 is 131 Å². The number of thioether (sulfide) groups is 1. The maximum Gasteiger partial charge on any atom is 0.340 e. The molecule has 2 aromatic heterocycles. The highest BCUT2D eigenvalue weighted by Crippen LogP contribution is 2.57. The number of phenols is 2. The molecule has 4 aromatic carbocycles. The summed E-state index contributed by atoms with van der Waals surface area (Å²) in [4.78, 5) is 159. The zero-order valence-electron chi connectivity index (χ0n) is 57.7. The van der Waals surface area contributed by atoms with Crippen LogP contribution >= 0.6 is 24.0 Å². The number of esters is 1. The first-order chi connectivity index (χ1) is 49.0. The maximum atomic E-state index is 14.4. The summed E-state index contributed by atoms with van der Waals surface area (Å²) in [6, 6.07) is 11.1. The van der Waals surface area contributed by atoms with Gasteiger partial charge in [0, 0.05) is 83.6 Å². The standard InChI is InChI=1S/C70H88N16O15S2/c1-35(2)25-52(65(96)82-50(60(73)91)22-24-103-6)84-66(97)54(28-40-32-74-34-78-40)81-58(90)33-77-67(98)59(36(3)4)86-61(92)37(5)79-64(95)53(26-38-31-76-49-13-8-7-11-43(38)49)85-63(94)51(20-21-57(72)89)83-62(93)48(71)12-9-10-23-75-69(102)80-39-14-17-45-44(27-39)68(99)101-70(45)46-18-15-41(87)29-55(46)100-56-30-42(88)16-19-47(56)70/h7-8,11,13-19,27,29-32,34-37,48,50-54,59,76,87-88H,9-10,12,20-26,28,33,71H2,1-6H3,(H2,72,89)(H2,73,91)(H,74,78)(H,77,98)(H,79,95)(H,81,90)(H,82,96)(H,83,93)(H,84,97)(H,85,94)(H,86,92)(H2,75,80,102)/t37-,48-,50+,51-,52-,53-,54-,59-/m0/s1. The Morgan fingerprint density at radius 3 is 1.94 bits per heavy atom. The van der Waals surface area contributed by atoms with Gasteiger partial charge < -0.3 is 100 Å². The highest BCUT2D eigenvalue weighted by atomic mass is 32.2. The molecular weight excluding hydrogens is 1370 g/mol. The molecule has 0 saturated carbocycles. The Hall–Kier alpha value is -10.8. The quantitative estimate of drug-likeness (QED) is 0.0152. The van der Waals surface area contributed by atoms with Crippen LogP contribution in [-0.4, -0.2) is 169 Å². The van der Waals surface area contributed by atoms with Crippen LogP contribution in [0.5, 0.6) is 23.0 Å². The molecule has 103 heavy (non-hydrogen) atoms. The van der Waals surface area contributed by atoms with Gasteiger partial charge in [-0.15, -0.1) is 0 Å². The van der Waals surface area contributed by atoms with E-state index in [1.807, 2.05) is 26.2 Å². The van der Waals surface area contributed by atoms with Gasteiger partial charge >= 0.3 is 5.97 Å². The second kappa shape index (κ2) is 35.7. The fourth-order valence-electron chi connectivity index (χ4n) is 11.9. The van der Waals surface area contributed by atoms with Crippen molar-refractivity contribution in [2.45, 2.75) is 146 Å². The summed E-state index contributed by atoms with van der Waals surface area (Å²) in [6.07, 6.45) is 6.90. The molecule has 33 heteroatoms. The molecule has 0 saturated heterocycles. The number of carbonyl (C=O) groups excluding carboxylic acids is 11. The van der Waals surface area contributed by atoms with Crippen LogP contribution in [0.25, 0.3) is 10.9 Å². The first-order valence-corrected chi connectivity index (χ1v) is 35.4. The van der Waals surface area contributed by atoms with Crippen molar-refractivity contribution in [3.8, 4) is 23.0 Å². The number of unbranched alkanes of at least 4 members (excludes halogenated alkanes) is 1. The van der Waals surface area contributed by atoms with Crippen molar-refractivity contribution in [3.63, 3.8) is 0 Å². The number of nitrogens with two attached hydrogens (primary N) is 3. The third kappa shape index (κ3) is 20.5. The topological polar surface area (TPSA) is 490 Å². The molecule has 0 bridgehead atoms. The number of aromatic amines is 2. The predicted octanol–water partition coefficient (Wildman–Crippen LogP) is 1.88. The number of ether oxygens (including phenoxy) is 2. The molecule has 0 unspecified atom stereocenters. The second-order valence-corrected chi connectivity index (χ2v) is 27.4.